The van der Waals surface area contributed by atoms with Crippen molar-refractivity contribution in [2.24, 2.45) is 0 Å². The molecule has 2 nitrogen and oxygen atoms in total. The number of hydrogen-bond acceptors (Lipinski definition) is 3. The normalized spacial score (nSPS) is 12.7. The van der Waals surface area contributed by atoms with Gasteiger partial charge in [0.05, 0.1) is 5.01 Å². The molecule has 0 unspecified atom stereocenters. The Bertz CT molecular complexity index is 609. The lowest BCUT2D eigenvalue weighted by Gasteiger charge is -1.96. The van der Waals surface area contributed by atoms with Crippen LogP contribution in [0.5, 0.6) is 0 Å². The summed E-state index contributed by atoms with van der Waals surface area (Å²) in [6.07, 6.45) is 6.36. The number of pyridine rings is 1. The smallest absolute Gasteiger partial charge is 0.124 e. The Morgan fingerprint density at radius 1 is 1.21 bits per heavy atom. The van der Waals surface area contributed by atoms with Crippen LogP contribution in [0.25, 0.3) is 0 Å². The fourth-order valence-electron chi connectivity index (χ4n) is 1.72. The second-order valence-electron chi connectivity index (χ2n) is 4.28. The van der Waals surface area contributed by atoms with E-state index < -0.39 is 0 Å². The van der Waals surface area contributed by atoms with Gasteiger partial charge in [0.2, 0.25) is 0 Å². The SMILES string of the molecule is Cc1nc(C#Cc2cncc(C3CC3)c2)cs1.Cl.Cl. The molecular weight excluding hydrogens is 299 g/mol. The summed E-state index contributed by atoms with van der Waals surface area (Å²) in [4.78, 5) is 8.56. The maximum Gasteiger partial charge on any atom is 0.124 e. The van der Waals surface area contributed by atoms with Crippen molar-refractivity contribution in [3.8, 4) is 11.8 Å². The lowest BCUT2D eigenvalue weighted by atomic mass is 10.1. The van der Waals surface area contributed by atoms with E-state index in [1.54, 1.807) is 11.3 Å². The highest BCUT2D eigenvalue weighted by atomic mass is 35.5. The quantitative estimate of drug-likeness (QED) is 0.745. The summed E-state index contributed by atoms with van der Waals surface area (Å²) in [7, 11) is 0. The van der Waals surface area contributed by atoms with Crippen LogP contribution < -0.4 is 0 Å². The molecule has 0 atom stereocenters. The third-order valence-electron chi connectivity index (χ3n) is 2.76. The summed E-state index contributed by atoms with van der Waals surface area (Å²) in [6.45, 7) is 1.99. The van der Waals surface area contributed by atoms with Gasteiger partial charge in [-0.25, -0.2) is 4.98 Å². The van der Waals surface area contributed by atoms with Gasteiger partial charge in [0.15, 0.2) is 0 Å². The van der Waals surface area contributed by atoms with E-state index in [4.69, 9.17) is 0 Å². The second-order valence-corrected chi connectivity index (χ2v) is 5.35. The molecule has 0 radical (unpaired) electrons. The van der Waals surface area contributed by atoms with Crippen molar-refractivity contribution in [3.05, 3.63) is 45.7 Å². The predicted octanol–water partition coefficient (Wildman–Crippen LogP) is 3.97. The first kappa shape index (κ1) is 16.0. The zero-order valence-corrected chi connectivity index (χ0v) is 12.9. The molecular formula is C14H14Cl2N2S. The van der Waals surface area contributed by atoms with Crippen LogP contribution >= 0.6 is 36.2 Å². The Morgan fingerprint density at radius 2 is 2.00 bits per heavy atom. The highest BCUT2D eigenvalue weighted by Gasteiger charge is 2.23. The number of hydrogen-bond donors (Lipinski definition) is 0. The van der Waals surface area contributed by atoms with Crippen molar-refractivity contribution in [2.75, 3.05) is 0 Å². The number of thiazole rings is 1. The number of aryl methyl sites for hydroxylation is 1. The van der Waals surface area contributed by atoms with Crippen molar-refractivity contribution < 1.29 is 0 Å². The largest absolute Gasteiger partial charge is 0.263 e. The zero-order chi connectivity index (χ0) is 11.7. The van der Waals surface area contributed by atoms with Gasteiger partial charge in [0.25, 0.3) is 0 Å². The van der Waals surface area contributed by atoms with Gasteiger partial charge in [-0.2, -0.15) is 0 Å². The van der Waals surface area contributed by atoms with Gasteiger partial charge in [-0.05, 0) is 43.2 Å². The van der Waals surface area contributed by atoms with Crippen molar-refractivity contribution in [1.82, 2.24) is 9.97 Å². The van der Waals surface area contributed by atoms with E-state index in [1.165, 1.54) is 18.4 Å². The zero-order valence-electron chi connectivity index (χ0n) is 10.4. The number of nitrogens with zero attached hydrogens (tertiary/aromatic N) is 2. The molecule has 2 aromatic rings. The first-order valence-electron chi connectivity index (χ1n) is 5.70. The molecule has 1 aliphatic carbocycles. The molecule has 5 heteroatoms. The molecule has 1 saturated carbocycles. The Kier molecular flexibility index (Phi) is 5.81. The van der Waals surface area contributed by atoms with E-state index in [0.29, 0.717) is 0 Å². The number of aromatic nitrogens is 2. The summed E-state index contributed by atoms with van der Waals surface area (Å²) in [6, 6.07) is 2.15. The fourth-order valence-corrected chi connectivity index (χ4v) is 2.27. The second kappa shape index (κ2) is 6.91. The molecule has 0 spiro atoms. The predicted molar refractivity (Wildman–Crippen MR) is 83.5 cm³/mol. The maximum atomic E-state index is 4.32. The highest BCUT2D eigenvalue weighted by Crippen LogP contribution is 2.39. The highest BCUT2D eigenvalue weighted by molar-refractivity contribution is 7.09. The van der Waals surface area contributed by atoms with Crippen LogP contribution in [0.3, 0.4) is 0 Å². The van der Waals surface area contributed by atoms with Gasteiger partial charge in [0, 0.05) is 23.3 Å². The summed E-state index contributed by atoms with van der Waals surface area (Å²) in [5.41, 5.74) is 3.16. The molecule has 0 aromatic carbocycles. The van der Waals surface area contributed by atoms with E-state index in [2.05, 4.69) is 27.9 Å². The van der Waals surface area contributed by atoms with Crippen LogP contribution in [0.2, 0.25) is 0 Å². The van der Waals surface area contributed by atoms with E-state index >= 15 is 0 Å². The summed E-state index contributed by atoms with van der Waals surface area (Å²) >= 11 is 1.63. The summed E-state index contributed by atoms with van der Waals surface area (Å²) in [5, 5.41) is 3.04. The first-order chi connectivity index (χ1) is 8.31. The number of rotatable bonds is 1. The first-order valence-corrected chi connectivity index (χ1v) is 6.58. The van der Waals surface area contributed by atoms with Gasteiger partial charge in [-0.15, -0.1) is 36.2 Å². The Labute approximate surface area is 129 Å². The van der Waals surface area contributed by atoms with Crippen molar-refractivity contribution in [3.63, 3.8) is 0 Å². The van der Waals surface area contributed by atoms with E-state index in [0.717, 1.165) is 22.2 Å². The average molecular weight is 313 g/mol. The minimum Gasteiger partial charge on any atom is -0.263 e. The van der Waals surface area contributed by atoms with E-state index in [1.807, 2.05) is 24.7 Å². The van der Waals surface area contributed by atoms with Crippen molar-refractivity contribution in [2.45, 2.75) is 25.7 Å². The number of halogens is 2. The Hall–Kier alpha value is -1.08. The van der Waals surface area contributed by atoms with E-state index in [9.17, 15) is 0 Å². The average Bonchev–Trinajstić information content (AvgIpc) is 3.11. The lowest BCUT2D eigenvalue weighted by Crippen LogP contribution is -1.85. The van der Waals surface area contributed by atoms with Crippen LogP contribution in [0.1, 0.15) is 40.6 Å². The van der Waals surface area contributed by atoms with Crippen molar-refractivity contribution in [1.29, 1.82) is 0 Å². The molecule has 100 valence electrons. The van der Waals surface area contributed by atoms with Crippen LogP contribution in [0, 0.1) is 18.8 Å². The molecule has 19 heavy (non-hydrogen) atoms. The van der Waals surface area contributed by atoms with Crippen LogP contribution in [0.4, 0.5) is 0 Å². The summed E-state index contributed by atoms with van der Waals surface area (Å²) in [5.74, 6) is 6.93. The Balaban J connectivity index is 0.000000902. The maximum absolute atomic E-state index is 4.32. The standard InChI is InChI=1S/C14H12N2S.2ClH/c1-10-16-14(9-17-10)5-2-11-6-13(8-15-7-11)12-3-4-12;;/h6-9,12H,3-4H2,1H3;2*1H. The van der Waals surface area contributed by atoms with Crippen LogP contribution in [-0.2, 0) is 0 Å². The van der Waals surface area contributed by atoms with Gasteiger partial charge >= 0.3 is 0 Å². The monoisotopic (exact) mass is 312 g/mol. The molecule has 1 aliphatic rings. The Morgan fingerprint density at radius 3 is 2.63 bits per heavy atom. The van der Waals surface area contributed by atoms with Gasteiger partial charge in [-0.1, -0.05) is 5.92 Å². The fraction of sp³-hybridized carbons (Fsp3) is 0.286. The van der Waals surface area contributed by atoms with Crippen molar-refractivity contribution >= 4 is 36.2 Å². The van der Waals surface area contributed by atoms with Gasteiger partial charge < -0.3 is 0 Å². The molecule has 2 aromatic heterocycles. The third kappa shape index (κ3) is 4.21. The topological polar surface area (TPSA) is 25.8 Å². The minimum absolute atomic E-state index is 0. The van der Waals surface area contributed by atoms with Crippen LogP contribution in [0.15, 0.2) is 23.8 Å². The van der Waals surface area contributed by atoms with Gasteiger partial charge in [0.1, 0.15) is 5.69 Å². The molecule has 0 amide bonds. The molecule has 0 saturated heterocycles. The van der Waals surface area contributed by atoms with Crippen LogP contribution in [-0.4, -0.2) is 9.97 Å². The molecule has 0 N–H and O–H groups in total. The molecule has 1 fully saturated rings. The lowest BCUT2D eigenvalue weighted by molar-refractivity contribution is 1.09. The third-order valence-corrected chi connectivity index (χ3v) is 3.54. The molecule has 0 bridgehead atoms. The van der Waals surface area contributed by atoms with E-state index in [-0.39, 0.29) is 24.8 Å². The minimum atomic E-state index is 0. The van der Waals surface area contributed by atoms with Gasteiger partial charge in [-0.3, -0.25) is 4.98 Å². The molecule has 0 aliphatic heterocycles. The molecule has 2 heterocycles. The summed E-state index contributed by atoms with van der Waals surface area (Å²) < 4.78 is 0. The molecule has 3 rings (SSSR count).